The van der Waals surface area contributed by atoms with Gasteiger partial charge in [-0.25, -0.2) is 14.8 Å². The van der Waals surface area contributed by atoms with Gasteiger partial charge in [0.15, 0.2) is 0 Å². The van der Waals surface area contributed by atoms with Gasteiger partial charge < -0.3 is 14.5 Å². The highest BCUT2D eigenvalue weighted by atomic mass is 35.5. The fourth-order valence-corrected chi connectivity index (χ4v) is 4.13. The molecule has 2 saturated heterocycles. The highest BCUT2D eigenvalue weighted by Gasteiger charge is 2.36. The van der Waals surface area contributed by atoms with E-state index in [9.17, 15) is 4.79 Å². The maximum Gasteiger partial charge on any atom is 0.410 e. The smallest absolute Gasteiger partial charge is 0.410 e. The van der Waals surface area contributed by atoms with Crippen molar-refractivity contribution < 1.29 is 9.53 Å². The summed E-state index contributed by atoms with van der Waals surface area (Å²) in [6.45, 7) is 8.26. The van der Waals surface area contributed by atoms with Gasteiger partial charge in [0.1, 0.15) is 17.7 Å². The average molecular weight is 429 g/mol. The number of rotatable bonds is 4. The number of carbonyl (C=O) groups is 1. The molecule has 2 aromatic heterocycles. The Balaban J connectivity index is 1.21. The fourth-order valence-electron chi connectivity index (χ4n) is 3.97. The molecule has 0 radical (unpaired) electrons. The molecule has 0 bridgehead atoms. The van der Waals surface area contributed by atoms with E-state index in [2.05, 4.69) is 26.7 Å². The summed E-state index contributed by atoms with van der Waals surface area (Å²) in [6, 6.07) is 1.90. The van der Waals surface area contributed by atoms with E-state index in [0.717, 1.165) is 53.8 Å². The molecule has 9 heteroatoms. The van der Waals surface area contributed by atoms with Gasteiger partial charge in [-0.1, -0.05) is 18.5 Å². The van der Waals surface area contributed by atoms with Crippen LogP contribution in [0.25, 0.3) is 0 Å². The van der Waals surface area contributed by atoms with E-state index in [0.29, 0.717) is 31.2 Å². The van der Waals surface area contributed by atoms with Gasteiger partial charge in [0.05, 0.1) is 54.5 Å². The van der Waals surface area contributed by atoms with Gasteiger partial charge in [-0.3, -0.25) is 9.88 Å². The SMILES string of the molecule is CCc1nc2c(c(N3CCC3)n1)CN(C(=O)OC1CN(c3cnc(C)c(Cl)c3)C1)C2. The molecule has 1 amide bonds. The predicted octanol–water partition coefficient (Wildman–Crippen LogP) is 2.95. The number of carbonyl (C=O) groups excluding carboxylic acids is 1. The van der Waals surface area contributed by atoms with Gasteiger partial charge in [-0.2, -0.15) is 0 Å². The van der Waals surface area contributed by atoms with Crippen LogP contribution in [0.1, 0.15) is 36.1 Å². The summed E-state index contributed by atoms with van der Waals surface area (Å²) in [5, 5.41) is 0.647. The highest BCUT2D eigenvalue weighted by Crippen LogP contribution is 2.33. The van der Waals surface area contributed by atoms with Crippen LogP contribution < -0.4 is 9.80 Å². The van der Waals surface area contributed by atoms with Crippen LogP contribution in [0.2, 0.25) is 5.02 Å². The minimum absolute atomic E-state index is 0.131. The minimum atomic E-state index is -0.287. The summed E-state index contributed by atoms with van der Waals surface area (Å²) < 4.78 is 5.73. The lowest BCUT2D eigenvalue weighted by Crippen LogP contribution is -2.54. The number of nitrogens with zero attached hydrogens (tertiary/aromatic N) is 6. The monoisotopic (exact) mass is 428 g/mol. The van der Waals surface area contributed by atoms with Gasteiger partial charge >= 0.3 is 6.09 Å². The second-order valence-electron chi connectivity index (χ2n) is 8.11. The summed E-state index contributed by atoms with van der Waals surface area (Å²) in [5.41, 5.74) is 3.79. The first-order valence-corrected chi connectivity index (χ1v) is 10.9. The van der Waals surface area contributed by atoms with Crippen LogP contribution in [0.5, 0.6) is 0 Å². The number of halogens is 1. The zero-order valence-corrected chi connectivity index (χ0v) is 18.0. The second-order valence-corrected chi connectivity index (χ2v) is 8.52. The molecule has 30 heavy (non-hydrogen) atoms. The van der Waals surface area contributed by atoms with Gasteiger partial charge in [-0.15, -0.1) is 0 Å². The molecule has 2 fully saturated rings. The third-order valence-corrected chi connectivity index (χ3v) is 6.41. The summed E-state index contributed by atoms with van der Waals surface area (Å²) in [6.07, 6.45) is 3.36. The van der Waals surface area contributed by atoms with E-state index >= 15 is 0 Å². The molecule has 5 heterocycles. The van der Waals surface area contributed by atoms with Crippen LogP contribution in [0.3, 0.4) is 0 Å². The molecule has 8 nitrogen and oxygen atoms in total. The Labute approximate surface area is 180 Å². The zero-order valence-electron chi connectivity index (χ0n) is 17.3. The number of aryl methyl sites for hydroxylation is 2. The zero-order chi connectivity index (χ0) is 20.8. The Morgan fingerprint density at radius 1 is 1.23 bits per heavy atom. The van der Waals surface area contributed by atoms with E-state index in [-0.39, 0.29) is 12.2 Å². The van der Waals surface area contributed by atoms with Crippen LogP contribution >= 0.6 is 11.6 Å². The third kappa shape index (κ3) is 3.43. The van der Waals surface area contributed by atoms with Crippen molar-refractivity contribution in [3.8, 4) is 0 Å². The highest BCUT2D eigenvalue weighted by molar-refractivity contribution is 6.31. The number of anilines is 2. The van der Waals surface area contributed by atoms with Crippen molar-refractivity contribution in [1.29, 1.82) is 0 Å². The summed E-state index contributed by atoms with van der Waals surface area (Å²) in [7, 11) is 0. The molecule has 158 valence electrons. The third-order valence-electron chi connectivity index (χ3n) is 6.03. The standard InChI is InChI=1S/C21H25ClN6O2/c1-3-19-24-18-12-28(11-16(18)20(25-19)26-5-4-6-26)21(29)30-15-9-27(10-15)14-7-17(22)13(2)23-8-14/h7-8,15H,3-6,9-12H2,1-2H3. The molecule has 3 aliphatic rings. The Hall–Kier alpha value is -2.61. The van der Waals surface area contributed by atoms with Crippen molar-refractivity contribution in [2.75, 3.05) is 36.0 Å². The number of ether oxygens (including phenoxy) is 1. The fraction of sp³-hybridized carbons (Fsp3) is 0.524. The summed E-state index contributed by atoms with van der Waals surface area (Å²) >= 11 is 6.17. The molecule has 0 saturated carbocycles. The number of amides is 1. The number of aromatic nitrogens is 3. The lowest BCUT2D eigenvalue weighted by atomic mass is 10.1. The van der Waals surface area contributed by atoms with Crippen LogP contribution in [-0.4, -0.2) is 58.2 Å². The van der Waals surface area contributed by atoms with Crippen molar-refractivity contribution in [3.63, 3.8) is 0 Å². The summed E-state index contributed by atoms with van der Waals surface area (Å²) in [4.78, 5) is 32.6. The average Bonchev–Trinajstić information content (AvgIpc) is 3.09. The van der Waals surface area contributed by atoms with Gasteiger partial charge in [-0.05, 0) is 19.4 Å². The maximum absolute atomic E-state index is 12.8. The molecule has 0 aliphatic carbocycles. The summed E-state index contributed by atoms with van der Waals surface area (Å²) in [5.74, 6) is 1.84. The number of pyridine rings is 1. The van der Waals surface area contributed by atoms with E-state index in [1.165, 1.54) is 6.42 Å². The Bertz CT molecular complexity index is 990. The second kappa shape index (κ2) is 7.58. The largest absolute Gasteiger partial charge is 0.442 e. The lowest BCUT2D eigenvalue weighted by Gasteiger charge is -2.40. The van der Waals surface area contributed by atoms with Crippen molar-refractivity contribution in [2.45, 2.75) is 45.9 Å². The van der Waals surface area contributed by atoms with Crippen molar-refractivity contribution in [3.05, 3.63) is 40.1 Å². The quantitative estimate of drug-likeness (QED) is 0.741. The van der Waals surface area contributed by atoms with Crippen molar-refractivity contribution in [2.24, 2.45) is 0 Å². The molecular formula is C21H25ClN6O2. The molecule has 2 aromatic rings. The number of fused-ring (bicyclic) bond motifs is 1. The first-order chi connectivity index (χ1) is 14.5. The topological polar surface area (TPSA) is 74.7 Å². The van der Waals surface area contributed by atoms with Gasteiger partial charge in [0.2, 0.25) is 0 Å². The molecule has 0 atom stereocenters. The molecule has 0 unspecified atom stereocenters. The molecular weight excluding hydrogens is 404 g/mol. The van der Waals surface area contributed by atoms with E-state index < -0.39 is 0 Å². The van der Waals surface area contributed by atoms with Crippen molar-refractivity contribution in [1.82, 2.24) is 19.9 Å². The first-order valence-electron chi connectivity index (χ1n) is 10.5. The molecule has 3 aliphatic heterocycles. The van der Waals surface area contributed by atoms with Gasteiger partial charge in [0, 0.05) is 25.1 Å². The van der Waals surface area contributed by atoms with Crippen LogP contribution in [0, 0.1) is 6.92 Å². The number of hydrogen-bond donors (Lipinski definition) is 0. The van der Waals surface area contributed by atoms with Gasteiger partial charge in [0.25, 0.3) is 0 Å². The number of hydrogen-bond acceptors (Lipinski definition) is 7. The van der Waals surface area contributed by atoms with E-state index in [1.54, 1.807) is 11.1 Å². The van der Waals surface area contributed by atoms with Crippen LogP contribution in [-0.2, 0) is 24.2 Å². The predicted molar refractivity (Wildman–Crippen MR) is 114 cm³/mol. The lowest BCUT2D eigenvalue weighted by molar-refractivity contribution is 0.0490. The van der Waals surface area contributed by atoms with E-state index in [4.69, 9.17) is 21.3 Å². The first kappa shape index (κ1) is 19.4. The molecule has 0 aromatic carbocycles. The molecule has 0 spiro atoms. The van der Waals surface area contributed by atoms with Crippen molar-refractivity contribution >= 4 is 29.2 Å². The van der Waals surface area contributed by atoms with Crippen LogP contribution in [0.4, 0.5) is 16.3 Å². The maximum atomic E-state index is 12.8. The Morgan fingerprint density at radius 2 is 2.03 bits per heavy atom. The molecule has 5 rings (SSSR count). The minimum Gasteiger partial charge on any atom is -0.442 e. The normalized spacial score (nSPS) is 18.2. The van der Waals surface area contributed by atoms with E-state index in [1.807, 2.05) is 13.0 Å². The van der Waals surface area contributed by atoms with Crippen LogP contribution in [0.15, 0.2) is 12.3 Å². The Morgan fingerprint density at radius 3 is 2.70 bits per heavy atom. The molecule has 0 N–H and O–H groups in total. The Kier molecular flexibility index (Phi) is 4.89.